The number of fused-ring (bicyclic) bond motifs is 1. The Labute approximate surface area is 142 Å². The highest BCUT2D eigenvalue weighted by Crippen LogP contribution is 2.22. The molecule has 1 N–H and O–H groups in total. The summed E-state index contributed by atoms with van der Waals surface area (Å²) in [5.74, 6) is 1.65. The number of aromatic nitrogens is 2. The average Bonchev–Trinajstić information content (AvgIpc) is 2.92. The molecule has 1 heterocycles. The van der Waals surface area contributed by atoms with Crippen LogP contribution in [0.15, 0.2) is 42.5 Å². The Morgan fingerprint density at radius 3 is 2.71 bits per heavy atom. The zero-order valence-corrected chi connectivity index (χ0v) is 14.5. The van der Waals surface area contributed by atoms with Gasteiger partial charge in [-0.25, -0.2) is 4.98 Å². The third kappa shape index (κ3) is 3.44. The van der Waals surface area contributed by atoms with E-state index in [1.54, 1.807) is 6.92 Å². The number of aryl methyl sites for hydroxylation is 3. The summed E-state index contributed by atoms with van der Waals surface area (Å²) >= 11 is 0. The van der Waals surface area contributed by atoms with Crippen molar-refractivity contribution in [2.24, 2.45) is 0 Å². The van der Waals surface area contributed by atoms with Crippen LogP contribution < -0.4 is 4.74 Å². The molecule has 0 fully saturated rings. The minimum absolute atomic E-state index is 0.585. The molecule has 0 aliphatic heterocycles. The molecule has 0 amide bonds. The number of ether oxygens (including phenoxy) is 1. The summed E-state index contributed by atoms with van der Waals surface area (Å²) < 4.78 is 7.99. The molecular formula is C20H24N2O2. The van der Waals surface area contributed by atoms with E-state index in [4.69, 9.17) is 4.74 Å². The number of hydrogen-bond donors (Lipinski definition) is 1. The van der Waals surface area contributed by atoms with E-state index >= 15 is 0 Å². The molecule has 0 aliphatic rings. The summed E-state index contributed by atoms with van der Waals surface area (Å²) in [5.41, 5.74) is 4.38. The van der Waals surface area contributed by atoms with Crippen LogP contribution in [0.25, 0.3) is 11.0 Å². The van der Waals surface area contributed by atoms with Crippen molar-refractivity contribution >= 4 is 11.0 Å². The molecule has 0 radical (unpaired) electrons. The maximum absolute atomic E-state index is 9.99. The second-order valence-corrected chi connectivity index (χ2v) is 6.26. The van der Waals surface area contributed by atoms with Crippen LogP contribution in [0.3, 0.4) is 0 Å². The van der Waals surface area contributed by atoms with Crippen molar-refractivity contribution in [3.05, 3.63) is 59.4 Å². The third-order valence-electron chi connectivity index (χ3n) is 4.17. The van der Waals surface area contributed by atoms with Gasteiger partial charge >= 0.3 is 0 Å². The van der Waals surface area contributed by atoms with Gasteiger partial charge in [0.15, 0.2) is 0 Å². The van der Waals surface area contributed by atoms with Gasteiger partial charge < -0.3 is 14.4 Å². The van der Waals surface area contributed by atoms with Crippen molar-refractivity contribution in [2.75, 3.05) is 6.61 Å². The predicted molar refractivity (Wildman–Crippen MR) is 96.4 cm³/mol. The normalized spacial score (nSPS) is 12.5. The van der Waals surface area contributed by atoms with Crippen LogP contribution in [-0.4, -0.2) is 21.3 Å². The number of aliphatic hydroxyl groups excluding tert-OH is 1. The van der Waals surface area contributed by atoms with Crippen LogP contribution in [0, 0.1) is 13.8 Å². The molecule has 1 aromatic heterocycles. The van der Waals surface area contributed by atoms with Crippen molar-refractivity contribution in [3.8, 4) is 5.75 Å². The molecule has 1 unspecified atom stereocenters. The Morgan fingerprint density at radius 1 is 1.17 bits per heavy atom. The van der Waals surface area contributed by atoms with Gasteiger partial charge in [-0.2, -0.15) is 0 Å². The van der Waals surface area contributed by atoms with Crippen LogP contribution in [0.2, 0.25) is 0 Å². The lowest BCUT2D eigenvalue weighted by Gasteiger charge is -2.13. The second kappa shape index (κ2) is 7.05. The lowest BCUT2D eigenvalue weighted by Crippen LogP contribution is -2.10. The van der Waals surface area contributed by atoms with E-state index in [0.717, 1.165) is 35.3 Å². The molecule has 4 heteroatoms. The smallest absolute Gasteiger partial charge is 0.138 e. The highest BCUT2D eigenvalue weighted by atomic mass is 16.5. The molecule has 3 aromatic rings. The topological polar surface area (TPSA) is 47.3 Å². The fraction of sp³-hybridized carbons (Fsp3) is 0.350. The van der Waals surface area contributed by atoms with Crippen molar-refractivity contribution in [1.29, 1.82) is 0 Å². The van der Waals surface area contributed by atoms with E-state index in [1.807, 2.05) is 30.3 Å². The van der Waals surface area contributed by atoms with E-state index in [2.05, 4.69) is 35.5 Å². The average molecular weight is 324 g/mol. The second-order valence-electron chi connectivity index (χ2n) is 6.26. The first-order valence-electron chi connectivity index (χ1n) is 8.39. The number of nitrogens with zero attached hydrogens (tertiary/aromatic N) is 2. The van der Waals surface area contributed by atoms with E-state index in [0.29, 0.717) is 12.4 Å². The molecule has 1 atom stereocenters. The van der Waals surface area contributed by atoms with Crippen LogP contribution in [0.5, 0.6) is 5.75 Å². The van der Waals surface area contributed by atoms with Crippen molar-refractivity contribution in [1.82, 2.24) is 9.55 Å². The van der Waals surface area contributed by atoms with Crippen molar-refractivity contribution in [2.45, 2.75) is 39.8 Å². The third-order valence-corrected chi connectivity index (χ3v) is 4.17. The number of hydrogen-bond acceptors (Lipinski definition) is 3. The number of aliphatic hydroxyl groups is 1. The van der Waals surface area contributed by atoms with Gasteiger partial charge in [0.25, 0.3) is 0 Å². The minimum Gasteiger partial charge on any atom is -0.493 e. The molecular weight excluding hydrogens is 300 g/mol. The molecule has 0 spiro atoms. The molecule has 24 heavy (non-hydrogen) atoms. The highest BCUT2D eigenvalue weighted by molar-refractivity contribution is 5.75. The summed E-state index contributed by atoms with van der Waals surface area (Å²) in [6.45, 7) is 7.31. The SMILES string of the molecule is Cc1ccc(OCCCn2c(C(C)O)nc3ccccc32)c(C)c1. The summed E-state index contributed by atoms with van der Waals surface area (Å²) in [5, 5.41) is 9.99. The first kappa shape index (κ1) is 16.5. The molecule has 0 saturated heterocycles. The Kier molecular flexibility index (Phi) is 4.86. The van der Waals surface area contributed by atoms with Crippen LogP contribution in [0.4, 0.5) is 0 Å². The largest absolute Gasteiger partial charge is 0.493 e. The minimum atomic E-state index is -0.585. The van der Waals surface area contributed by atoms with E-state index in [1.165, 1.54) is 5.56 Å². The van der Waals surface area contributed by atoms with Crippen molar-refractivity contribution in [3.63, 3.8) is 0 Å². The zero-order valence-electron chi connectivity index (χ0n) is 14.5. The lowest BCUT2D eigenvalue weighted by atomic mass is 10.1. The number of para-hydroxylation sites is 2. The molecule has 2 aromatic carbocycles. The molecule has 0 bridgehead atoms. The van der Waals surface area contributed by atoms with E-state index < -0.39 is 6.10 Å². The fourth-order valence-electron chi connectivity index (χ4n) is 3.01. The lowest BCUT2D eigenvalue weighted by molar-refractivity contribution is 0.183. The molecule has 126 valence electrons. The Morgan fingerprint density at radius 2 is 1.96 bits per heavy atom. The summed E-state index contributed by atoms with van der Waals surface area (Å²) in [6.07, 6.45) is 0.269. The van der Waals surface area contributed by atoms with Gasteiger partial charge in [0.2, 0.25) is 0 Å². The highest BCUT2D eigenvalue weighted by Gasteiger charge is 2.14. The standard InChI is InChI=1S/C20H24N2O2/c1-14-9-10-19(15(2)13-14)24-12-6-11-22-18-8-5-4-7-17(18)21-20(22)16(3)23/h4-5,7-10,13,16,23H,6,11-12H2,1-3H3. The predicted octanol–water partition coefficient (Wildman–Crippen LogP) is 4.18. The summed E-state index contributed by atoms with van der Waals surface area (Å²) in [7, 11) is 0. The molecule has 4 nitrogen and oxygen atoms in total. The van der Waals surface area contributed by atoms with Crippen LogP contribution in [-0.2, 0) is 6.54 Å². The van der Waals surface area contributed by atoms with Gasteiger partial charge in [-0.15, -0.1) is 0 Å². The zero-order chi connectivity index (χ0) is 17.1. The quantitative estimate of drug-likeness (QED) is 0.692. The fourth-order valence-corrected chi connectivity index (χ4v) is 3.01. The van der Waals surface area contributed by atoms with Crippen LogP contribution >= 0.6 is 0 Å². The first-order chi connectivity index (χ1) is 11.6. The van der Waals surface area contributed by atoms with Gasteiger partial charge in [0, 0.05) is 6.54 Å². The van der Waals surface area contributed by atoms with Gasteiger partial charge in [-0.1, -0.05) is 29.8 Å². The number of rotatable bonds is 6. The van der Waals surface area contributed by atoms with E-state index in [9.17, 15) is 5.11 Å². The van der Waals surface area contributed by atoms with Gasteiger partial charge in [-0.3, -0.25) is 0 Å². The van der Waals surface area contributed by atoms with Gasteiger partial charge in [-0.05, 0) is 51.0 Å². The summed E-state index contributed by atoms with van der Waals surface area (Å²) in [6, 6.07) is 14.2. The number of imidazole rings is 1. The van der Waals surface area contributed by atoms with Gasteiger partial charge in [0.1, 0.15) is 17.7 Å². The van der Waals surface area contributed by atoms with Crippen LogP contribution in [0.1, 0.15) is 36.4 Å². The van der Waals surface area contributed by atoms with Crippen molar-refractivity contribution < 1.29 is 9.84 Å². The maximum atomic E-state index is 9.99. The van der Waals surface area contributed by atoms with E-state index in [-0.39, 0.29) is 0 Å². The molecule has 0 saturated carbocycles. The Hall–Kier alpha value is -2.33. The van der Waals surface area contributed by atoms with Gasteiger partial charge in [0.05, 0.1) is 17.6 Å². The maximum Gasteiger partial charge on any atom is 0.138 e. The summed E-state index contributed by atoms with van der Waals surface area (Å²) in [4.78, 5) is 4.55. The first-order valence-corrected chi connectivity index (χ1v) is 8.39. The Bertz CT molecular complexity index is 837. The monoisotopic (exact) mass is 324 g/mol. The molecule has 0 aliphatic carbocycles. The Balaban J connectivity index is 1.68. The number of benzene rings is 2. The molecule has 3 rings (SSSR count).